The second kappa shape index (κ2) is 4.46. The minimum absolute atomic E-state index is 0.0775. The van der Waals surface area contributed by atoms with Crippen LogP contribution in [0.5, 0.6) is 0 Å². The zero-order valence-corrected chi connectivity index (χ0v) is 10.9. The van der Waals surface area contributed by atoms with E-state index in [1.807, 2.05) is 0 Å². The molecule has 0 radical (unpaired) electrons. The second-order valence-corrected chi connectivity index (χ2v) is 5.52. The van der Waals surface area contributed by atoms with Gasteiger partial charge in [-0.15, -0.1) is 5.10 Å². The third-order valence-corrected chi connectivity index (χ3v) is 3.63. The fourth-order valence-electron chi connectivity index (χ4n) is 1.32. The van der Waals surface area contributed by atoms with Gasteiger partial charge in [0.05, 0.1) is 10.7 Å². The van der Waals surface area contributed by atoms with E-state index in [-0.39, 0.29) is 5.95 Å². The molecule has 7 nitrogen and oxygen atoms in total. The Balaban J connectivity index is 2.40. The SMILES string of the molecule is Cc1cccc(Cl)c1NS(=O)(=O)c1n[nH]c(N)n1. The molecule has 0 unspecified atom stereocenters. The van der Waals surface area contributed by atoms with Crippen molar-refractivity contribution in [3.63, 3.8) is 0 Å². The van der Waals surface area contributed by atoms with E-state index in [0.717, 1.165) is 0 Å². The van der Waals surface area contributed by atoms with Crippen molar-refractivity contribution in [2.75, 3.05) is 10.5 Å². The van der Waals surface area contributed by atoms with Crippen LogP contribution in [0.15, 0.2) is 23.4 Å². The molecular weight excluding hydrogens is 278 g/mol. The van der Waals surface area contributed by atoms with Crippen molar-refractivity contribution in [3.8, 4) is 0 Å². The Hall–Kier alpha value is -1.80. The number of aromatic amines is 1. The largest absolute Gasteiger partial charge is 0.368 e. The van der Waals surface area contributed by atoms with E-state index < -0.39 is 15.2 Å². The number of H-pyrrole nitrogens is 1. The molecule has 0 amide bonds. The highest BCUT2D eigenvalue weighted by molar-refractivity contribution is 7.92. The van der Waals surface area contributed by atoms with E-state index in [9.17, 15) is 8.42 Å². The zero-order valence-electron chi connectivity index (χ0n) is 9.31. The van der Waals surface area contributed by atoms with Crippen molar-refractivity contribution in [3.05, 3.63) is 28.8 Å². The first-order valence-electron chi connectivity index (χ1n) is 4.86. The maximum Gasteiger partial charge on any atom is 0.299 e. The molecule has 0 spiro atoms. The van der Waals surface area contributed by atoms with E-state index in [0.29, 0.717) is 16.3 Å². The third kappa shape index (κ3) is 2.39. The number of nitrogen functional groups attached to an aromatic ring is 1. The van der Waals surface area contributed by atoms with E-state index >= 15 is 0 Å². The molecule has 1 aromatic carbocycles. The summed E-state index contributed by atoms with van der Waals surface area (Å²) in [6.45, 7) is 1.73. The third-order valence-electron chi connectivity index (χ3n) is 2.18. The van der Waals surface area contributed by atoms with Crippen LogP contribution in [-0.2, 0) is 10.0 Å². The number of nitrogens with zero attached hydrogens (tertiary/aromatic N) is 2. The average molecular weight is 288 g/mol. The van der Waals surface area contributed by atoms with Crippen molar-refractivity contribution in [2.24, 2.45) is 0 Å². The van der Waals surface area contributed by atoms with Gasteiger partial charge in [-0.3, -0.25) is 4.72 Å². The molecule has 0 fully saturated rings. The summed E-state index contributed by atoms with van der Waals surface area (Å²) in [5.41, 5.74) is 6.26. The van der Waals surface area contributed by atoms with Crippen LogP contribution in [0.4, 0.5) is 11.6 Å². The van der Waals surface area contributed by atoms with Gasteiger partial charge in [0.25, 0.3) is 15.2 Å². The number of nitrogens with two attached hydrogens (primary N) is 1. The van der Waals surface area contributed by atoms with Crippen LogP contribution in [0.3, 0.4) is 0 Å². The number of hydrogen-bond donors (Lipinski definition) is 3. The minimum Gasteiger partial charge on any atom is -0.368 e. The van der Waals surface area contributed by atoms with E-state index in [2.05, 4.69) is 19.9 Å². The molecule has 18 heavy (non-hydrogen) atoms. The minimum atomic E-state index is -3.91. The van der Waals surface area contributed by atoms with Crippen molar-refractivity contribution in [1.82, 2.24) is 15.2 Å². The fraction of sp³-hybridized carbons (Fsp3) is 0.111. The zero-order chi connectivity index (χ0) is 13.3. The van der Waals surface area contributed by atoms with Crippen LogP contribution >= 0.6 is 11.6 Å². The van der Waals surface area contributed by atoms with Crippen LogP contribution in [-0.4, -0.2) is 23.6 Å². The van der Waals surface area contributed by atoms with Gasteiger partial charge in [0.15, 0.2) is 0 Å². The molecule has 0 bridgehead atoms. The Morgan fingerprint density at radius 3 is 2.72 bits per heavy atom. The normalized spacial score (nSPS) is 11.4. The number of aromatic nitrogens is 3. The maximum absolute atomic E-state index is 11.9. The lowest BCUT2D eigenvalue weighted by Crippen LogP contribution is -2.15. The quantitative estimate of drug-likeness (QED) is 0.783. The lowest BCUT2D eigenvalue weighted by Gasteiger charge is -2.09. The summed E-state index contributed by atoms with van der Waals surface area (Å²) < 4.78 is 26.2. The molecule has 1 heterocycles. The summed E-state index contributed by atoms with van der Waals surface area (Å²) in [6, 6.07) is 5.04. The summed E-state index contributed by atoms with van der Waals surface area (Å²) in [7, 11) is -3.91. The molecule has 2 aromatic rings. The Morgan fingerprint density at radius 2 is 2.17 bits per heavy atom. The van der Waals surface area contributed by atoms with Gasteiger partial charge in [0, 0.05) is 0 Å². The van der Waals surface area contributed by atoms with Gasteiger partial charge in [-0.1, -0.05) is 23.7 Å². The summed E-state index contributed by atoms with van der Waals surface area (Å²) >= 11 is 5.93. The number of nitrogens with one attached hydrogen (secondary N) is 2. The molecule has 9 heteroatoms. The van der Waals surface area contributed by atoms with E-state index in [1.54, 1.807) is 25.1 Å². The monoisotopic (exact) mass is 287 g/mol. The van der Waals surface area contributed by atoms with Gasteiger partial charge in [-0.05, 0) is 18.6 Å². The smallest absolute Gasteiger partial charge is 0.299 e. The van der Waals surface area contributed by atoms with Gasteiger partial charge < -0.3 is 5.73 Å². The van der Waals surface area contributed by atoms with Crippen LogP contribution in [0.1, 0.15) is 5.56 Å². The van der Waals surface area contributed by atoms with Crippen LogP contribution in [0.2, 0.25) is 5.02 Å². The van der Waals surface area contributed by atoms with Crippen molar-refractivity contribution >= 4 is 33.3 Å². The highest BCUT2D eigenvalue weighted by atomic mass is 35.5. The molecule has 0 saturated heterocycles. The van der Waals surface area contributed by atoms with Crippen molar-refractivity contribution in [1.29, 1.82) is 0 Å². The summed E-state index contributed by atoms with van der Waals surface area (Å²) in [5.74, 6) is -0.0775. The van der Waals surface area contributed by atoms with E-state index in [4.69, 9.17) is 17.3 Å². The number of anilines is 2. The maximum atomic E-state index is 11.9. The Bertz CT molecular complexity index is 662. The molecule has 0 atom stereocenters. The average Bonchev–Trinajstić information content (AvgIpc) is 2.71. The predicted molar refractivity (Wildman–Crippen MR) is 67.8 cm³/mol. The van der Waals surface area contributed by atoms with Crippen molar-refractivity contribution in [2.45, 2.75) is 12.1 Å². The lowest BCUT2D eigenvalue weighted by atomic mass is 10.2. The Morgan fingerprint density at radius 1 is 1.44 bits per heavy atom. The number of hydrogen-bond acceptors (Lipinski definition) is 5. The first kappa shape index (κ1) is 12.7. The van der Waals surface area contributed by atoms with Gasteiger partial charge >= 0.3 is 0 Å². The molecule has 0 aliphatic carbocycles. The van der Waals surface area contributed by atoms with Crippen LogP contribution in [0.25, 0.3) is 0 Å². The van der Waals surface area contributed by atoms with Gasteiger partial charge in [0.2, 0.25) is 5.95 Å². The van der Waals surface area contributed by atoms with Gasteiger partial charge in [0.1, 0.15) is 0 Å². The van der Waals surface area contributed by atoms with Gasteiger partial charge in [-0.2, -0.15) is 13.4 Å². The molecule has 96 valence electrons. The fourth-order valence-corrected chi connectivity index (χ4v) is 2.66. The number of sulfonamides is 1. The molecule has 1 aromatic heterocycles. The topological polar surface area (TPSA) is 114 Å². The number of aryl methyl sites for hydroxylation is 1. The summed E-state index contributed by atoms with van der Waals surface area (Å²) in [4.78, 5) is 3.56. The number of para-hydroxylation sites is 1. The molecular formula is C9H10ClN5O2S. The molecule has 4 N–H and O–H groups in total. The standard InChI is InChI=1S/C9H10ClN5O2S/c1-5-3-2-4-6(10)7(5)15-18(16,17)9-12-8(11)13-14-9/h2-4,15H,1H3,(H3,11,12,13,14). The van der Waals surface area contributed by atoms with E-state index in [1.165, 1.54) is 0 Å². The number of benzene rings is 1. The number of rotatable bonds is 3. The van der Waals surface area contributed by atoms with Crippen LogP contribution in [0, 0.1) is 6.92 Å². The molecule has 0 aliphatic rings. The first-order chi connectivity index (χ1) is 8.40. The lowest BCUT2D eigenvalue weighted by molar-refractivity contribution is 0.593. The van der Waals surface area contributed by atoms with Crippen molar-refractivity contribution < 1.29 is 8.42 Å². The Kier molecular flexibility index (Phi) is 3.14. The molecule has 2 rings (SSSR count). The first-order valence-corrected chi connectivity index (χ1v) is 6.72. The van der Waals surface area contributed by atoms with Gasteiger partial charge in [-0.25, -0.2) is 5.10 Å². The predicted octanol–water partition coefficient (Wildman–Crippen LogP) is 1.15. The number of halogens is 1. The molecule has 0 saturated carbocycles. The summed E-state index contributed by atoms with van der Waals surface area (Å²) in [5, 5.41) is 5.60. The summed E-state index contributed by atoms with van der Waals surface area (Å²) in [6.07, 6.45) is 0. The highest BCUT2D eigenvalue weighted by Crippen LogP contribution is 2.27. The highest BCUT2D eigenvalue weighted by Gasteiger charge is 2.21. The second-order valence-electron chi connectivity index (χ2n) is 3.54. The Labute approximate surface area is 108 Å². The van der Waals surface area contributed by atoms with Crippen LogP contribution < -0.4 is 10.5 Å². The molecule has 0 aliphatic heterocycles.